The zero-order valence-corrected chi connectivity index (χ0v) is 8.64. The van der Waals surface area contributed by atoms with Crippen molar-refractivity contribution < 1.29 is 4.74 Å². The standard InChI is InChI=1S/C7H7BrN2OS/c8-5-1-9-7(10-2-5)12-6-3-11-4-6/h1-2,6H,3-4H2. The molecule has 0 unspecified atom stereocenters. The van der Waals surface area contributed by atoms with Crippen LogP contribution in [0.1, 0.15) is 0 Å². The highest BCUT2D eigenvalue weighted by Gasteiger charge is 2.20. The van der Waals surface area contributed by atoms with Gasteiger partial charge in [0, 0.05) is 12.4 Å². The van der Waals surface area contributed by atoms with Gasteiger partial charge in [0.25, 0.3) is 0 Å². The molecule has 0 atom stereocenters. The lowest BCUT2D eigenvalue weighted by molar-refractivity contribution is 0.0454. The van der Waals surface area contributed by atoms with E-state index in [1.807, 2.05) is 0 Å². The average Bonchev–Trinajstić information content (AvgIpc) is 2.00. The topological polar surface area (TPSA) is 35.0 Å². The number of rotatable bonds is 2. The van der Waals surface area contributed by atoms with Crippen molar-refractivity contribution in [3.05, 3.63) is 16.9 Å². The van der Waals surface area contributed by atoms with Crippen LogP contribution in [0.25, 0.3) is 0 Å². The molecular formula is C7H7BrN2OS. The van der Waals surface area contributed by atoms with Crippen LogP contribution >= 0.6 is 27.7 Å². The van der Waals surface area contributed by atoms with Crippen molar-refractivity contribution in [1.29, 1.82) is 0 Å². The molecule has 1 aromatic rings. The molecule has 0 radical (unpaired) electrons. The van der Waals surface area contributed by atoms with Crippen molar-refractivity contribution in [3.63, 3.8) is 0 Å². The Hall–Kier alpha value is -0.130. The second-order valence-corrected chi connectivity index (χ2v) is 4.64. The molecule has 5 heteroatoms. The van der Waals surface area contributed by atoms with Gasteiger partial charge in [0.15, 0.2) is 5.16 Å². The molecule has 0 N–H and O–H groups in total. The fourth-order valence-corrected chi connectivity index (χ4v) is 1.85. The Morgan fingerprint density at radius 2 is 2.08 bits per heavy atom. The third kappa shape index (κ3) is 1.97. The van der Waals surface area contributed by atoms with E-state index >= 15 is 0 Å². The lowest BCUT2D eigenvalue weighted by atomic mass is 10.4. The fourth-order valence-electron chi connectivity index (χ4n) is 0.792. The molecule has 0 amide bonds. The summed E-state index contributed by atoms with van der Waals surface area (Å²) >= 11 is 4.95. The van der Waals surface area contributed by atoms with Gasteiger partial charge in [-0.05, 0) is 15.9 Å². The Bertz CT molecular complexity index is 263. The summed E-state index contributed by atoms with van der Waals surface area (Å²) in [5.74, 6) is 0. The highest BCUT2D eigenvalue weighted by Crippen LogP contribution is 2.24. The van der Waals surface area contributed by atoms with Gasteiger partial charge >= 0.3 is 0 Å². The van der Waals surface area contributed by atoms with E-state index < -0.39 is 0 Å². The monoisotopic (exact) mass is 246 g/mol. The summed E-state index contributed by atoms with van der Waals surface area (Å²) in [4.78, 5) is 8.30. The second kappa shape index (κ2) is 3.72. The van der Waals surface area contributed by atoms with Gasteiger partial charge in [0.05, 0.1) is 22.9 Å². The molecule has 0 aliphatic carbocycles. The first-order chi connectivity index (χ1) is 5.84. The molecule has 0 saturated carbocycles. The molecule has 2 rings (SSSR count). The first-order valence-electron chi connectivity index (χ1n) is 3.56. The number of nitrogens with zero attached hydrogens (tertiary/aromatic N) is 2. The number of thioether (sulfide) groups is 1. The van der Waals surface area contributed by atoms with Crippen LogP contribution < -0.4 is 0 Å². The van der Waals surface area contributed by atoms with Crippen LogP contribution in [0.5, 0.6) is 0 Å². The van der Waals surface area contributed by atoms with Crippen molar-refractivity contribution >= 4 is 27.7 Å². The Morgan fingerprint density at radius 3 is 2.58 bits per heavy atom. The van der Waals surface area contributed by atoms with Crippen molar-refractivity contribution in [2.45, 2.75) is 10.4 Å². The first kappa shape index (κ1) is 8.47. The van der Waals surface area contributed by atoms with Crippen molar-refractivity contribution in [1.82, 2.24) is 9.97 Å². The van der Waals surface area contributed by atoms with Gasteiger partial charge in [0.2, 0.25) is 0 Å². The third-order valence-corrected chi connectivity index (χ3v) is 2.91. The fraction of sp³-hybridized carbons (Fsp3) is 0.429. The number of hydrogen-bond acceptors (Lipinski definition) is 4. The summed E-state index contributed by atoms with van der Waals surface area (Å²) in [5.41, 5.74) is 0. The normalized spacial score (nSPS) is 17.4. The molecule has 1 aliphatic rings. The first-order valence-corrected chi connectivity index (χ1v) is 5.24. The van der Waals surface area contributed by atoms with E-state index in [1.54, 1.807) is 24.2 Å². The van der Waals surface area contributed by atoms with Gasteiger partial charge in [-0.1, -0.05) is 11.8 Å². The molecule has 1 saturated heterocycles. The van der Waals surface area contributed by atoms with Crippen LogP contribution in [0.2, 0.25) is 0 Å². The number of hydrogen-bond donors (Lipinski definition) is 0. The van der Waals surface area contributed by atoms with Crippen molar-refractivity contribution in [2.75, 3.05) is 13.2 Å². The lowest BCUT2D eigenvalue weighted by Gasteiger charge is -2.23. The predicted octanol–water partition coefficient (Wildman–Crippen LogP) is 1.73. The van der Waals surface area contributed by atoms with Crippen LogP contribution in [0.4, 0.5) is 0 Å². The lowest BCUT2D eigenvalue weighted by Crippen LogP contribution is -2.30. The van der Waals surface area contributed by atoms with Gasteiger partial charge in [-0.25, -0.2) is 9.97 Å². The second-order valence-electron chi connectivity index (χ2n) is 2.46. The van der Waals surface area contributed by atoms with Gasteiger partial charge in [0.1, 0.15) is 0 Å². The van der Waals surface area contributed by atoms with Crippen LogP contribution in [-0.4, -0.2) is 28.4 Å². The molecule has 0 bridgehead atoms. The summed E-state index contributed by atoms with van der Waals surface area (Å²) in [6.45, 7) is 1.65. The maximum absolute atomic E-state index is 5.05. The van der Waals surface area contributed by atoms with Crippen LogP contribution in [0.3, 0.4) is 0 Å². The van der Waals surface area contributed by atoms with Crippen molar-refractivity contribution in [2.24, 2.45) is 0 Å². The maximum atomic E-state index is 5.05. The quantitative estimate of drug-likeness (QED) is 0.745. The highest BCUT2D eigenvalue weighted by atomic mass is 79.9. The average molecular weight is 247 g/mol. The molecule has 3 nitrogen and oxygen atoms in total. The maximum Gasteiger partial charge on any atom is 0.187 e. The summed E-state index contributed by atoms with van der Waals surface area (Å²) in [6, 6.07) is 0. The summed E-state index contributed by atoms with van der Waals surface area (Å²) in [6.07, 6.45) is 3.52. The predicted molar refractivity (Wildman–Crippen MR) is 50.2 cm³/mol. The highest BCUT2D eigenvalue weighted by molar-refractivity contribution is 9.10. The molecule has 1 aromatic heterocycles. The summed E-state index contributed by atoms with van der Waals surface area (Å²) in [5, 5.41) is 1.37. The van der Waals surface area contributed by atoms with Gasteiger partial charge in [-0.3, -0.25) is 0 Å². The van der Waals surface area contributed by atoms with E-state index in [2.05, 4.69) is 25.9 Å². The van der Waals surface area contributed by atoms with E-state index in [4.69, 9.17) is 4.74 Å². The van der Waals surface area contributed by atoms with Crippen LogP contribution in [0, 0.1) is 0 Å². The summed E-state index contributed by atoms with van der Waals surface area (Å²) < 4.78 is 5.96. The van der Waals surface area contributed by atoms with E-state index in [0.29, 0.717) is 5.25 Å². The van der Waals surface area contributed by atoms with E-state index in [-0.39, 0.29) is 0 Å². The van der Waals surface area contributed by atoms with E-state index in [9.17, 15) is 0 Å². The molecule has 1 fully saturated rings. The molecule has 0 spiro atoms. The largest absolute Gasteiger partial charge is 0.379 e. The number of ether oxygens (including phenoxy) is 1. The minimum Gasteiger partial charge on any atom is -0.379 e. The van der Waals surface area contributed by atoms with Crippen LogP contribution in [0.15, 0.2) is 22.0 Å². The number of halogens is 1. The SMILES string of the molecule is Brc1cnc(SC2COC2)nc1. The van der Waals surface area contributed by atoms with Gasteiger partial charge in [-0.2, -0.15) is 0 Å². The Morgan fingerprint density at radius 1 is 1.42 bits per heavy atom. The smallest absolute Gasteiger partial charge is 0.187 e. The van der Waals surface area contributed by atoms with Crippen molar-refractivity contribution in [3.8, 4) is 0 Å². The van der Waals surface area contributed by atoms with Gasteiger partial charge in [-0.15, -0.1) is 0 Å². The molecule has 64 valence electrons. The Balaban J connectivity index is 1.98. The zero-order chi connectivity index (χ0) is 8.39. The Kier molecular flexibility index (Phi) is 2.63. The minimum atomic E-state index is 0.547. The third-order valence-electron chi connectivity index (χ3n) is 1.48. The number of aromatic nitrogens is 2. The zero-order valence-electron chi connectivity index (χ0n) is 6.24. The van der Waals surface area contributed by atoms with E-state index in [0.717, 1.165) is 22.8 Å². The minimum absolute atomic E-state index is 0.547. The summed E-state index contributed by atoms with van der Waals surface area (Å²) in [7, 11) is 0. The molecular weight excluding hydrogens is 240 g/mol. The molecule has 2 heterocycles. The van der Waals surface area contributed by atoms with Crippen LogP contribution in [-0.2, 0) is 4.74 Å². The molecule has 12 heavy (non-hydrogen) atoms. The van der Waals surface area contributed by atoms with Gasteiger partial charge < -0.3 is 4.74 Å². The molecule has 0 aromatic carbocycles. The Labute approximate surface area is 83.1 Å². The van der Waals surface area contributed by atoms with E-state index in [1.165, 1.54) is 0 Å². The molecule has 1 aliphatic heterocycles.